The minimum absolute atomic E-state index is 0.490. The maximum Gasteiger partial charge on any atom is 0.191 e. The molecule has 17 heavy (non-hydrogen) atoms. The normalized spacial score (nSPS) is 19.1. The molecule has 0 aromatic heterocycles. The van der Waals surface area contributed by atoms with Crippen LogP contribution in [0.2, 0.25) is 0 Å². The number of piperidine rings is 1. The molecule has 0 spiro atoms. The van der Waals surface area contributed by atoms with Gasteiger partial charge in [0, 0.05) is 12.1 Å². The monoisotopic (exact) mass is 245 g/mol. The molecule has 5 heteroatoms. The highest BCUT2D eigenvalue weighted by atomic mass is 19.1. The molecule has 94 valence electrons. The molecule has 1 aromatic carbocycles. The number of hydrogen-bond donors (Lipinski definition) is 1. The number of nitrogens with one attached hydrogen (secondary N) is 1. The van der Waals surface area contributed by atoms with Crippen LogP contribution in [-0.4, -0.2) is 18.7 Å². The third-order valence-electron chi connectivity index (χ3n) is 2.97. The Morgan fingerprint density at radius 1 is 1.12 bits per heavy atom. The first-order valence-corrected chi connectivity index (χ1v) is 5.54. The maximum absolute atomic E-state index is 13.4. The van der Waals surface area contributed by atoms with E-state index in [1.807, 2.05) is 0 Å². The summed E-state index contributed by atoms with van der Waals surface area (Å²) < 4.78 is 45.0. The molecule has 0 atom stereocenters. The average molecular weight is 245 g/mol. The molecule has 1 aliphatic heterocycles. The number of halogens is 3. The highest BCUT2D eigenvalue weighted by Crippen LogP contribution is 2.30. The molecule has 1 aliphatic rings. The molecule has 1 fully saturated rings. The van der Waals surface area contributed by atoms with Crippen molar-refractivity contribution in [2.45, 2.75) is 25.4 Å². The molecule has 1 aromatic rings. The molecule has 1 N–H and O–H groups in total. The van der Waals surface area contributed by atoms with E-state index in [0.717, 1.165) is 13.1 Å². The minimum Gasteiger partial charge on any atom is -0.481 e. The first-order chi connectivity index (χ1) is 8.00. The van der Waals surface area contributed by atoms with Crippen molar-refractivity contribution >= 4 is 0 Å². The second kappa shape index (κ2) is 4.56. The smallest absolute Gasteiger partial charge is 0.191 e. The van der Waals surface area contributed by atoms with Crippen molar-refractivity contribution in [3.8, 4) is 5.75 Å². The standard InChI is InChI=1S/C12H14F3NO/c1-12(2-4-16-5-3-12)17-11-9(14)6-8(13)7-10(11)15/h6-7,16H,2-5H2,1H3. The molecule has 0 saturated carbocycles. The summed E-state index contributed by atoms with van der Waals surface area (Å²) in [7, 11) is 0. The second-order valence-electron chi connectivity index (χ2n) is 4.50. The van der Waals surface area contributed by atoms with Gasteiger partial charge in [-0.1, -0.05) is 0 Å². The van der Waals surface area contributed by atoms with Gasteiger partial charge < -0.3 is 10.1 Å². The zero-order valence-corrected chi connectivity index (χ0v) is 9.53. The highest BCUT2D eigenvalue weighted by molar-refractivity contribution is 5.27. The Morgan fingerprint density at radius 3 is 2.18 bits per heavy atom. The summed E-state index contributed by atoms with van der Waals surface area (Å²) in [6.07, 6.45) is 1.31. The van der Waals surface area contributed by atoms with Crippen molar-refractivity contribution in [2.24, 2.45) is 0 Å². The zero-order valence-electron chi connectivity index (χ0n) is 9.53. The van der Waals surface area contributed by atoms with Gasteiger partial charge in [-0.2, -0.15) is 0 Å². The Hall–Kier alpha value is -1.23. The van der Waals surface area contributed by atoms with Crippen LogP contribution in [0.1, 0.15) is 19.8 Å². The lowest BCUT2D eigenvalue weighted by Gasteiger charge is -2.34. The summed E-state index contributed by atoms with van der Waals surface area (Å²) in [5.74, 6) is -3.43. The largest absolute Gasteiger partial charge is 0.481 e. The van der Waals surface area contributed by atoms with Crippen LogP contribution in [0.3, 0.4) is 0 Å². The van der Waals surface area contributed by atoms with E-state index in [4.69, 9.17) is 4.74 Å². The summed E-state index contributed by atoms with van der Waals surface area (Å²) in [4.78, 5) is 0. The lowest BCUT2D eigenvalue weighted by molar-refractivity contribution is 0.0468. The van der Waals surface area contributed by atoms with Crippen LogP contribution >= 0.6 is 0 Å². The summed E-state index contributed by atoms with van der Waals surface area (Å²) in [5.41, 5.74) is -0.606. The van der Waals surface area contributed by atoms with E-state index >= 15 is 0 Å². The van der Waals surface area contributed by atoms with Crippen LogP contribution in [0, 0.1) is 17.5 Å². The van der Waals surface area contributed by atoms with Crippen LogP contribution in [0.4, 0.5) is 13.2 Å². The van der Waals surface area contributed by atoms with Crippen molar-refractivity contribution in [1.82, 2.24) is 5.32 Å². The highest BCUT2D eigenvalue weighted by Gasteiger charge is 2.31. The fourth-order valence-corrected chi connectivity index (χ4v) is 1.93. The van der Waals surface area contributed by atoms with Gasteiger partial charge in [0.05, 0.1) is 0 Å². The Morgan fingerprint density at radius 2 is 1.65 bits per heavy atom. The zero-order chi connectivity index (χ0) is 12.5. The van der Waals surface area contributed by atoms with Crippen LogP contribution in [0.25, 0.3) is 0 Å². The van der Waals surface area contributed by atoms with Gasteiger partial charge in [-0.25, -0.2) is 13.2 Å². The fourth-order valence-electron chi connectivity index (χ4n) is 1.93. The molecular formula is C12H14F3NO. The van der Waals surface area contributed by atoms with E-state index in [-0.39, 0.29) is 0 Å². The molecule has 0 unspecified atom stereocenters. The SMILES string of the molecule is CC1(Oc2c(F)cc(F)cc2F)CCNCC1. The lowest BCUT2D eigenvalue weighted by Crippen LogP contribution is -2.44. The van der Waals surface area contributed by atoms with Gasteiger partial charge >= 0.3 is 0 Å². The number of ether oxygens (including phenoxy) is 1. The molecule has 1 saturated heterocycles. The van der Waals surface area contributed by atoms with E-state index < -0.39 is 28.8 Å². The first kappa shape index (κ1) is 12.2. The molecule has 0 aliphatic carbocycles. The Balaban J connectivity index is 2.23. The molecule has 1 heterocycles. The van der Waals surface area contributed by atoms with Gasteiger partial charge in [-0.15, -0.1) is 0 Å². The first-order valence-electron chi connectivity index (χ1n) is 5.54. The molecule has 0 radical (unpaired) electrons. The van der Waals surface area contributed by atoms with E-state index in [0.29, 0.717) is 25.0 Å². The van der Waals surface area contributed by atoms with Crippen molar-refractivity contribution in [3.63, 3.8) is 0 Å². The fraction of sp³-hybridized carbons (Fsp3) is 0.500. The second-order valence-corrected chi connectivity index (χ2v) is 4.50. The summed E-state index contributed by atoms with van der Waals surface area (Å²) >= 11 is 0. The third kappa shape index (κ3) is 2.72. The summed E-state index contributed by atoms with van der Waals surface area (Å²) in [6.45, 7) is 3.28. The number of hydrogen-bond acceptors (Lipinski definition) is 2. The van der Waals surface area contributed by atoms with E-state index in [1.165, 1.54) is 0 Å². The summed E-state index contributed by atoms with van der Waals surface area (Å²) in [5, 5.41) is 3.14. The predicted molar refractivity (Wildman–Crippen MR) is 57.5 cm³/mol. The van der Waals surface area contributed by atoms with Crippen molar-refractivity contribution in [1.29, 1.82) is 0 Å². The van der Waals surface area contributed by atoms with E-state index in [9.17, 15) is 13.2 Å². The van der Waals surface area contributed by atoms with Gasteiger partial charge in [0.25, 0.3) is 0 Å². The number of rotatable bonds is 2. The van der Waals surface area contributed by atoms with Crippen molar-refractivity contribution in [2.75, 3.05) is 13.1 Å². The van der Waals surface area contributed by atoms with E-state index in [1.54, 1.807) is 6.92 Å². The molecule has 2 nitrogen and oxygen atoms in total. The average Bonchev–Trinajstić information content (AvgIpc) is 2.24. The van der Waals surface area contributed by atoms with Crippen LogP contribution < -0.4 is 10.1 Å². The van der Waals surface area contributed by atoms with Crippen LogP contribution in [0.15, 0.2) is 12.1 Å². The third-order valence-corrected chi connectivity index (χ3v) is 2.97. The Labute approximate surface area is 97.8 Å². The Kier molecular flexibility index (Phi) is 3.28. The van der Waals surface area contributed by atoms with Gasteiger partial charge in [-0.05, 0) is 32.9 Å². The molecular weight excluding hydrogens is 231 g/mol. The molecule has 2 rings (SSSR count). The van der Waals surface area contributed by atoms with E-state index in [2.05, 4.69) is 5.32 Å². The van der Waals surface area contributed by atoms with Gasteiger partial charge in [0.2, 0.25) is 0 Å². The van der Waals surface area contributed by atoms with Gasteiger partial charge in [-0.3, -0.25) is 0 Å². The minimum atomic E-state index is -0.998. The molecule has 0 bridgehead atoms. The van der Waals surface area contributed by atoms with Crippen molar-refractivity contribution < 1.29 is 17.9 Å². The maximum atomic E-state index is 13.4. The van der Waals surface area contributed by atoms with Gasteiger partial charge in [0.1, 0.15) is 11.4 Å². The van der Waals surface area contributed by atoms with Gasteiger partial charge in [0.15, 0.2) is 17.4 Å². The van der Waals surface area contributed by atoms with Crippen LogP contribution in [-0.2, 0) is 0 Å². The predicted octanol–water partition coefficient (Wildman–Crippen LogP) is 2.62. The molecule has 0 amide bonds. The lowest BCUT2D eigenvalue weighted by atomic mass is 9.94. The summed E-state index contributed by atoms with van der Waals surface area (Å²) in [6, 6.07) is 1.26. The van der Waals surface area contributed by atoms with Crippen LogP contribution in [0.5, 0.6) is 5.75 Å². The van der Waals surface area contributed by atoms with Crippen molar-refractivity contribution in [3.05, 3.63) is 29.6 Å². The number of benzene rings is 1. The quantitative estimate of drug-likeness (QED) is 0.864. The Bertz CT molecular complexity index is 393. The topological polar surface area (TPSA) is 21.3 Å².